The summed E-state index contributed by atoms with van der Waals surface area (Å²) in [5, 5.41) is 6.49. The molecule has 1 aromatic carbocycles. The number of guanidine groups is 1. The second kappa shape index (κ2) is 15.0. The molecular formula is C20H36FIN4O. The largest absolute Gasteiger partial charge is 0.380 e. The van der Waals surface area contributed by atoms with Gasteiger partial charge in [0.15, 0.2) is 5.96 Å². The molecule has 0 unspecified atom stereocenters. The van der Waals surface area contributed by atoms with Gasteiger partial charge in [0.25, 0.3) is 0 Å². The molecule has 2 N–H and O–H groups in total. The second-order valence-electron chi connectivity index (χ2n) is 7.08. The first kappa shape index (κ1) is 26.1. The van der Waals surface area contributed by atoms with Gasteiger partial charge in [-0.05, 0) is 51.1 Å². The first-order valence-electron chi connectivity index (χ1n) is 9.44. The van der Waals surface area contributed by atoms with Crippen molar-refractivity contribution in [3.05, 3.63) is 35.1 Å². The van der Waals surface area contributed by atoms with E-state index >= 15 is 0 Å². The van der Waals surface area contributed by atoms with Crippen molar-refractivity contribution in [2.75, 3.05) is 40.4 Å². The second-order valence-corrected chi connectivity index (χ2v) is 7.08. The van der Waals surface area contributed by atoms with Crippen LogP contribution in [0.5, 0.6) is 0 Å². The van der Waals surface area contributed by atoms with Gasteiger partial charge in [-0.15, -0.1) is 24.0 Å². The van der Waals surface area contributed by atoms with Crippen molar-refractivity contribution >= 4 is 29.9 Å². The molecule has 0 aliphatic heterocycles. The van der Waals surface area contributed by atoms with Gasteiger partial charge in [0.1, 0.15) is 5.82 Å². The lowest BCUT2D eigenvalue weighted by Crippen LogP contribution is -2.39. The van der Waals surface area contributed by atoms with Crippen molar-refractivity contribution < 1.29 is 9.13 Å². The molecule has 0 fully saturated rings. The van der Waals surface area contributed by atoms with Crippen molar-refractivity contribution in [3.8, 4) is 0 Å². The molecule has 0 spiro atoms. The Labute approximate surface area is 181 Å². The fraction of sp³-hybridized carbons (Fsp3) is 0.650. The van der Waals surface area contributed by atoms with Gasteiger partial charge in [-0.2, -0.15) is 0 Å². The SMILES string of the molecule is CCNC(=NCc1ccc(F)c(CN(C)C)c1)NCCOCCC(C)C.I. The van der Waals surface area contributed by atoms with Gasteiger partial charge in [-0.25, -0.2) is 9.38 Å². The summed E-state index contributed by atoms with van der Waals surface area (Å²) in [5.41, 5.74) is 1.69. The number of nitrogens with zero attached hydrogens (tertiary/aromatic N) is 2. The van der Waals surface area contributed by atoms with Gasteiger partial charge in [0.05, 0.1) is 13.2 Å². The van der Waals surface area contributed by atoms with Gasteiger partial charge < -0.3 is 20.3 Å². The highest BCUT2D eigenvalue weighted by Gasteiger charge is 2.05. The number of hydrogen-bond donors (Lipinski definition) is 2. The van der Waals surface area contributed by atoms with Crippen LogP contribution in [-0.2, 0) is 17.8 Å². The Kier molecular flexibility index (Phi) is 14.5. The third kappa shape index (κ3) is 12.2. The molecule has 0 saturated heterocycles. The Balaban J connectivity index is 0.00000676. The molecule has 27 heavy (non-hydrogen) atoms. The molecule has 0 amide bonds. The smallest absolute Gasteiger partial charge is 0.191 e. The summed E-state index contributed by atoms with van der Waals surface area (Å²) in [4.78, 5) is 6.54. The summed E-state index contributed by atoms with van der Waals surface area (Å²) in [5.74, 6) is 1.24. The summed E-state index contributed by atoms with van der Waals surface area (Å²) in [7, 11) is 3.86. The average molecular weight is 494 g/mol. The van der Waals surface area contributed by atoms with Crippen LogP contribution in [0.15, 0.2) is 23.2 Å². The van der Waals surface area contributed by atoms with Crippen LogP contribution in [0.2, 0.25) is 0 Å². The lowest BCUT2D eigenvalue weighted by Gasteiger charge is -2.13. The number of benzene rings is 1. The van der Waals surface area contributed by atoms with Crippen molar-refractivity contribution in [2.45, 2.75) is 40.3 Å². The first-order valence-corrected chi connectivity index (χ1v) is 9.44. The van der Waals surface area contributed by atoms with E-state index in [1.54, 1.807) is 6.07 Å². The number of ether oxygens (including phenoxy) is 1. The summed E-state index contributed by atoms with van der Waals surface area (Å²) in [6.07, 6.45) is 1.08. The molecule has 1 rings (SSSR count). The van der Waals surface area contributed by atoms with E-state index in [1.165, 1.54) is 6.07 Å². The number of nitrogens with one attached hydrogen (secondary N) is 2. The highest BCUT2D eigenvalue weighted by atomic mass is 127. The van der Waals surface area contributed by atoms with Crippen LogP contribution in [0.25, 0.3) is 0 Å². The molecule has 0 bridgehead atoms. The van der Waals surface area contributed by atoms with Crippen LogP contribution in [0, 0.1) is 11.7 Å². The maximum atomic E-state index is 13.9. The fourth-order valence-electron chi connectivity index (χ4n) is 2.36. The zero-order valence-corrected chi connectivity index (χ0v) is 19.7. The zero-order valence-electron chi connectivity index (χ0n) is 17.3. The van der Waals surface area contributed by atoms with Gasteiger partial charge in [-0.1, -0.05) is 19.9 Å². The quantitative estimate of drug-likeness (QED) is 0.214. The van der Waals surface area contributed by atoms with E-state index in [0.717, 1.165) is 31.1 Å². The minimum atomic E-state index is -0.171. The third-order valence-electron chi connectivity index (χ3n) is 3.74. The molecular weight excluding hydrogens is 458 g/mol. The maximum absolute atomic E-state index is 13.9. The number of rotatable bonds is 11. The molecule has 0 aliphatic rings. The van der Waals surface area contributed by atoms with E-state index in [-0.39, 0.29) is 29.8 Å². The molecule has 156 valence electrons. The van der Waals surface area contributed by atoms with Crippen molar-refractivity contribution in [1.29, 1.82) is 0 Å². The van der Waals surface area contributed by atoms with E-state index in [2.05, 4.69) is 29.5 Å². The van der Waals surface area contributed by atoms with Gasteiger partial charge in [0.2, 0.25) is 0 Å². The predicted octanol–water partition coefficient (Wildman–Crippen LogP) is 3.62. The van der Waals surface area contributed by atoms with Gasteiger partial charge in [0, 0.05) is 31.8 Å². The summed E-state index contributed by atoms with van der Waals surface area (Å²) in [6.45, 7) is 10.4. The molecule has 7 heteroatoms. The molecule has 0 aliphatic carbocycles. The minimum absolute atomic E-state index is 0. The summed E-state index contributed by atoms with van der Waals surface area (Å²) < 4.78 is 19.5. The lowest BCUT2D eigenvalue weighted by atomic mass is 10.1. The zero-order chi connectivity index (χ0) is 19.4. The van der Waals surface area contributed by atoms with Crippen molar-refractivity contribution in [1.82, 2.24) is 15.5 Å². The maximum Gasteiger partial charge on any atom is 0.191 e. The number of halogens is 2. The Morgan fingerprint density at radius 1 is 1.22 bits per heavy atom. The van der Waals surface area contributed by atoms with Crippen LogP contribution in [0.3, 0.4) is 0 Å². The molecule has 0 atom stereocenters. The topological polar surface area (TPSA) is 48.9 Å². The molecule has 1 aromatic rings. The summed E-state index contributed by atoms with van der Waals surface area (Å²) >= 11 is 0. The normalized spacial score (nSPS) is 11.6. The van der Waals surface area contributed by atoms with Crippen LogP contribution in [-0.4, -0.2) is 51.3 Å². The highest BCUT2D eigenvalue weighted by molar-refractivity contribution is 14.0. The van der Waals surface area contributed by atoms with Crippen LogP contribution in [0.4, 0.5) is 4.39 Å². The lowest BCUT2D eigenvalue weighted by molar-refractivity contribution is 0.128. The Hall–Kier alpha value is -0.930. The van der Waals surface area contributed by atoms with Crippen LogP contribution < -0.4 is 10.6 Å². The summed E-state index contributed by atoms with van der Waals surface area (Å²) in [6, 6.07) is 5.20. The molecule has 0 aromatic heterocycles. The van der Waals surface area contributed by atoms with E-state index in [0.29, 0.717) is 37.7 Å². The monoisotopic (exact) mass is 494 g/mol. The molecule has 0 heterocycles. The minimum Gasteiger partial charge on any atom is -0.380 e. The molecule has 5 nitrogen and oxygen atoms in total. The first-order chi connectivity index (χ1) is 12.4. The van der Waals surface area contributed by atoms with Crippen molar-refractivity contribution in [3.63, 3.8) is 0 Å². The standard InChI is InChI=1S/C20H35FN4O.HI/c1-6-22-20(23-10-12-26-11-9-16(2)3)24-14-17-7-8-19(21)18(13-17)15-25(4)5;/h7-8,13,16H,6,9-12,14-15H2,1-5H3,(H2,22,23,24);1H. The average Bonchev–Trinajstić information content (AvgIpc) is 2.57. The Morgan fingerprint density at radius 3 is 2.59 bits per heavy atom. The molecule has 0 saturated carbocycles. The van der Waals surface area contributed by atoms with E-state index < -0.39 is 0 Å². The Morgan fingerprint density at radius 2 is 1.96 bits per heavy atom. The fourth-order valence-corrected chi connectivity index (χ4v) is 2.36. The Bertz CT molecular complexity index is 553. The predicted molar refractivity (Wildman–Crippen MR) is 122 cm³/mol. The molecule has 0 radical (unpaired) electrons. The van der Waals surface area contributed by atoms with Crippen LogP contribution >= 0.6 is 24.0 Å². The number of hydrogen-bond acceptors (Lipinski definition) is 3. The highest BCUT2D eigenvalue weighted by Crippen LogP contribution is 2.13. The van der Waals surface area contributed by atoms with E-state index in [4.69, 9.17) is 4.74 Å². The van der Waals surface area contributed by atoms with Crippen molar-refractivity contribution in [2.24, 2.45) is 10.9 Å². The van der Waals surface area contributed by atoms with Gasteiger partial charge >= 0.3 is 0 Å². The van der Waals surface area contributed by atoms with Gasteiger partial charge in [-0.3, -0.25) is 0 Å². The third-order valence-corrected chi connectivity index (χ3v) is 3.74. The van der Waals surface area contributed by atoms with E-state index in [9.17, 15) is 4.39 Å². The van der Waals surface area contributed by atoms with Crippen LogP contribution in [0.1, 0.15) is 38.3 Å². The van der Waals surface area contributed by atoms with E-state index in [1.807, 2.05) is 32.0 Å². The number of aliphatic imine (C=N–C) groups is 1.